The Morgan fingerprint density at radius 3 is 2.20 bits per heavy atom. The Hall–Kier alpha value is -0.770. The number of carbonyl (C=O) groups is 1. The van der Waals surface area contributed by atoms with Crippen LogP contribution in [0.1, 0.15) is 78.2 Å². The quantitative estimate of drug-likeness (QED) is 0.374. The summed E-state index contributed by atoms with van der Waals surface area (Å²) < 4.78 is 0. The molecule has 0 spiro atoms. The predicted molar refractivity (Wildman–Crippen MR) is 132 cm³/mol. The third-order valence-electron chi connectivity index (χ3n) is 5.78. The molecular weight excluding hydrogens is 415 g/mol. The highest BCUT2D eigenvalue weighted by Crippen LogP contribution is 2.26. The lowest BCUT2D eigenvalue weighted by Gasteiger charge is -2.31. The molecule has 1 fully saturated rings. The van der Waals surface area contributed by atoms with Crippen LogP contribution in [-0.2, 0) is 11.2 Å². The van der Waals surface area contributed by atoms with E-state index in [1.807, 2.05) is 23.1 Å². The van der Waals surface area contributed by atoms with E-state index in [0.29, 0.717) is 10.0 Å². The van der Waals surface area contributed by atoms with Crippen LogP contribution in [0, 0.1) is 5.92 Å². The molecule has 0 aromatic heterocycles. The van der Waals surface area contributed by atoms with Gasteiger partial charge in [-0.2, -0.15) is 0 Å². The van der Waals surface area contributed by atoms with Gasteiger partial charge >= 0.3 is 0 Å². The molecule has 1 aromatic carbocycles. The molecule has 1 saturated heterocycles. The van der Waals surface area contributed by atoms with Crippen LogP contribution in [0.2, 0.25) is 10.0 Å². The number of likely N-dealkylation sites (tertiary alicyclic amines) is 1. The first kappa shape index (κ1) is 27.3. The highest BCUT2D eigenvalue weighted by Gasteiger charge is 2.20. The largest absolute Gasteiger partial charge is 0.343 e. The van der Waals surface area contributed by atoms with E-state index in [-0.39, 0.29) is 5.91 Å². The maximum absolute atomic E-state index is 11.3. The highest BCUT2D eigenvalue weighted by molar-refractivity contribution is 6.42. The molecule has 172 valence electrons. The fourth-order valence-electron chi connectivity index (χ4n) is 4.12. The van der Waals surface area contributed by atoms with Gasteiger partial charge in [0.15, 0.2) is 0 Å². The summed E-state index contributed by atoms with van der Waals surface area (Å²) in [6, 6.07) is 5.75. The maximum Gasteiger partial charge on any atom is 0.219 e. The van der Waals surface area contributed by atoms with Gasteiger partial charge in [-0.05, 0) is 82.1 Å². The summed E-state index contributed by atoms with van der Waals surface area (Å²) in [6.45, 7) is 14.0. The average molecular weight is 458 g/mol. The first-order chi connectivity index (χ1) is 14.4. The van der Waals surface area contributed by atoms with Crippen LogP contribution in [0.25, 0.3) is 0 Å². The van der Waals surface area contributed by atoms with Crippen LogP contribution >= 0.6 is 23.2 Å². The monoisotopic (exact) mass is 456 g/mol. The van der Waals surface area contributed by atoms with Gasteiger partial charge in [-0.25, -0.2) is 0 Å². The summed E-state index contributed by atoms with van der Waals surface area (Å²) in [6.07, 6.45) is 9.70. The maximum atomic E-state index is 11.3. The van der Waals surface area contributed by atoms with E-state index in [0.717, 1.165) is 37.4 Å². The number of halogens is 2. The van der Waals surface area contributed by atoms with Gasteiger partial charge in [0.05, 0.1) is 10.0 Å². The standard InChI is InChI=1S/C16H32N2O.C9H10Cl2/c1-4-10-17(11-5-2)12-6-7-16-8-13-18(14-9-16)15(3)19;1-2-4-7-5-3-6-8(10)9(7)11/h16H,4-14H2,1-3H3;3,5-6H,2,4H2,1H3. The van der Waals surface area contributed by atoms with E-state index in [1.165, 1.54) is 58.2 Å². The smallest absolute Gasteiger partial charge is 0.219 e. The number of hydrogen-bond donors (Lipinski definition) is 0. The topological polar surface area (TPSA) is 23.6 Å². The van der Waals surface area contributed by atoms with Crippen molar-refractivity contribution in [1.29, 1.82) is 0 Å². The summed E-state index contributed by atoms with van der Waals surface area (Å²) >= 11 is 11.8. The minimum atomic E-state index is 0.246. The van der Waals surface area contributed by atoms with Crippen molar-refractivity contribution in [3.05, 3.63) is 33.8 Å². The van der Waals surface area contributed by atoms with E-state index < -0.39 is 0 Å². The first-order valence-corrected chi connectivity index (χ1v) is 12.6. The Morgan fingerprint density at radius 2 is 1.67 bits per heavy atom. The molecule has 5 heteroatoms. The number of carbonyl (C=O) groups excluding carboxylic acids is 1. The van der Waals surface area contributed by atoms with Crippen molar-refractivity contribution in [2.75, 3.05) is 32.7 Å². The summed E-state index contributed by atoms with van der Waals surface area (Å²) in [5, 5.41) is 1.36. The molecule has 1 aromatic rings. The third-order valence-corrected chi connectivity index (χ3v) is 6.64. The molecular formula is C25H42Cl2N2O. The molecule has 0 aliphatic carbocycles. The number of rotatable bonds is 10. The van der Waals surface area contributed by atoms with Gasteiger partial charge in [0.2, 0.25) is 5.91 Å². The van der Waals surface area contributed by atoms with E-state index in [1.54, 1.807) is 6.92 Å². The Kier molecular flexibility index (Phi) is 14.5. The van der Waals surface area contributed by atoms with Crippen molar-refractivity contribution in [1.82, 2.24) is 9.80 Å². The molecule has 0 unspecified atom stereocenters. The van der Waals surface area contributed by atoms with Crippen molar-refractivity contribution in [3.8, 4) is 0 Å². The summed E-state index contributed by atoms with van der Waals surface area (Å²) in [5.41, 5.74) is 1.14. The number of nitrogens with zero attached hydrogens (tertiary/aromatic N) is 2. The normalized spacial score (nSPS) is 14.6. The molecule has 1 aliphatic heterocycles. The minimum absolute atomic E-state index is 0.246. The van der Waals surface area contributed by atoms with Crippen LogP contribution in [0.3, 0.4) is 0 Å². The van der Waals surface area contributed by atoms with E-state index in [9.17, 15) is 4.79 Å². The second-order valence-electron chi connectivity index (χ2n) is 8.40. The second kappa shape index (κ2) is 15.9. The Balaban J connectivity index is 0.000000346. The molecule has 0 radical (unpaired) electrons. The zero-order chi connectivity index (χ0) is 22.4. The molecule has 2 rings (SSSR count). The average Bonchev–Trinajstić information content (AvgIpc) is 2.73. The second-order valence-corrected chi connectivity index (χ2v) is 9.18. The van der Waals surface area contributed by atoms with Crippen molar-refractivity contribution < 1.29 is 4.79 Å². The predicted octanol–water partition coefficient (Wildman–Crippen LogP) is 7.09. The van der Waals surface area contributed by atoms with Gasteiger partial charge < -0.3 is 9.80 Å². The number of amides is 1. The van der Waals surface area contributed by atoms with Crippen LogP contribution in [-0.4, -0.2) is 48.4 Å². The molecule has 0 bridgehead atoms. The molecule has 1 amide bonds. The lowest BCUT2D eigenvalue weighted by molar-refractivity contribution is -0.130. The Morgan fingerprint density at radius 1 is 1.03 bits per heavy atom. The number of hydrogen-bond acceptors (Lipinski definition) is 2. The summed E-state index contributed by atoms with van der Waals surface area (Å²) in [7, 11) is 0. The van der Waals surface area contributed by atoms with Gasteiger partial charge in [-0.3, -0.25) is 4.79 Å². The van der Waals surface area contributed by atoms with Crippen LogP contribution in [0.15, 0.2) is 18.2 Å². The summed E-state index contributed by atoms with van der Waals surface area (Å²) in [4.78, 5) is 15.9. The van der Waals surface area contributed by atoms with Crippen molar-refractivity contribution in [2.45, 2.75) is 79.1 Å². The van der Waals surface area contributed by atoms with Crippen LogP contribution in [0.5, 0.6) is 0 Å². The number of aryl methyl sites for hydroxylation is 1. The van der Waals surface area contributed by atoms with Gasteiger partial charge in [-0.1, -0.05) is 62.5 Å². The Labute approximate surface area is 195 Å². The molecule has 1 aliphatic rings. The van der Waals surface area contributed by atoms with Crippen molar-refractivity contribution in [3.63, 3.8) is 0 Å². The van der Waals surface area contributed by atoms with E-state index in [4.69, 9.17) is 23.2 Å². The number of piperidine rings is 1. The van der Waals surface area contributed by atoms with Gasteiger partial charge in [-0.15, -0.1) is 0 Å². The molecule has 0 N–H and O–H groups in total. The number of benzene rings is 1. The van der Waals surface area contributed by atoms with Crippen molar-refractivity contribution in [2.24, 2.45) is 5.92 Å². The lowest BCUT2D eigenvalue weighted by Crippen LogP contribution is -2.37. The van der Waals surface area contributed by atoms with Gasteiger partial charge in [0, 0.05) is 20.0 Å². The van der Waals surface area contributed by atoms with Crippen LogP contribution < -0.4 is 0 Å². The lowest BCUT2D eigenvalue weighted by atomic mass is 9.92. The van der Waals surface area contributed by atoms with Gasteiger partial charge in [0.25, 0.3) is 0 Å². The zero-order valence-corrected chi connectivity index (χ0v) is 21.1. The first-order valence-electron chi connectivity index (χ1n) is 11.8. The molecule has 3 nitrogen and oxygen atoms in total. The SMILES string of the molecule is CCCN(CCC)CCCC1CCN(C(C)=O)CC1.CCCc1cccc(Cl)c1Cl. The third kappa shape index (κ3) is 10.5. The summed E-state index contributed by atoms with van der Waals surface area (Å²) in [5.74, 6) is 1.09. The van der Waals surface area contributed by atoms with E-state index in [2.05, 4.69) is 25.7 Å². The van der Waals surface area contributed by atoms with Crippen LogP contribution in [0.4, 0.5) is 0 Å². The fraction of sp³-hybridized carbons (Fsp3) is 0.720. The fourth-order valence-corrected chi connectivity index (χ4v) is 4.53. The van der Waals surface area contributed by atoms with Gasteiger partial charge in [0.1, 0.15) is 0 Å². The molecule has 0 saturated carbocycles. The molecule has 30 heavy (non-hydrogen) atoms. The van der Waals surface area contributed by atoms with E-state index >= 15 is 0 Å². The van der Waals surface area contributed by atoms with Crippen molar-refractivity contribution >= 4 is 29.1 Å². The zero-order valence-electron chi connectivity index (χ0n) is 19.6. The molecule has 1 heterocycles. The Bertz CT molecular complexity index is 595. The highest BCUT2D eigenvalue weighted by atomic mass is 35.5. The minimum Gasteiger partial charge on any atom is -0.343 e. The molecule has 0 atom stereocenters.